The van der Waals surface area contributed by atoms with Gasteiger partial charge in [-0.25, -0.2) is 9.37 Å². The fourth-order valence-electron chi connectivity index (χ4n) is 1.02. The van der Waals surface area contributed by atoms with Crippen LogP contribution in [0.15, 0.2) is 12.3 Å². The molecule has 1 aromatic rings. The smallest absolute Gasteiger partial charge is 0.130 e. The average molecular weight is 204 g/mol. The van der Waals surface area contributed by atoms with Crippen LogP contribution in [0.4, 0.5) is 10.2 Å². The Morgan fingerprint density at radius 2 is 2.31 bits per heavy atom. The molecule has 13 heavy (non-hydrogen) atoms. The second-order valence-corrected chi connectivity index (χ2v) is 3.11. The maximum Gasteiger partial charge on any atom is 0.130 e. The van der Waals surface area contributed by atoms with E-state index >= 15 is 0 Å². The van der Waals surface area contributed by atoms with Crippen molar-refractivity contribution in [1.82, 2.24) is 4.98 Å². The highest BCUT2D eigenvalue weighted by Gasteiger charge is 2.13. The number of hydrogen-bond acceptors (Lipinski definition) is 3. The molecule has 1 atom stereocenters. The summed E-state index contributed by atoms with van der Waals surface area (Å²) < 4.78 is 13.3. The number of nitrogen functional groups attached to an aromatic ring is 1. The third kappa shape index (κ3) is 2.54. The molecule has 0 aliphatic rings. The number of anilines is 1. The van der Waals surface area contributed by atoms with Gasteiger partial charge in [0.25, 0.3) is 0 Å². The van der Waals surface area contributed by atoms with Crippen LogP contribution in [0.3, 0.4) is 0 Å². The molecule has 0 spiro atoms. The fraction of sp³-hybridized carbons (Fsp3) is 0.375. The molecule has 3 nitrogen and oxygen atoms in total. The Bertz CT molecular complexity index is 293. The van der Waals surface area contributed by atoms with Crippen LogP contribution in [0.1, 0.15) is 18.2 Å². The van der Waals surface area contributed by atoms with Crippen molar-refractivity contribution < 1.29 is 4.39 Å². The molecule has 0 aliphatic heterocycles. The number of hydrogen-bond donors (Lipinski definition) is 2. The van der Waals surface area contributed by atoms with Crippen molar-refractivity contribution in [3.8, 4) is 0 Å². The van der Waals surface area contributed by atoms with Gasteiger partial charge in [0.2, 0.25) is 0 Å². The lowest BCUT2D eigenvalue weighted by atomic mass is 10.1. The SMILES string of the molecule is NCCC(F)c1cc(Cl)cnc1N. The third-order valence-corrected chi connectivity index (χ3v) is 1.88. The zero-order valence-corrected chi connectivity index (χ0v) is 7.76. The summed E-state index contributed by atoms with van der Waals surface area (Å²) in [5, 5.41) is 0.379. The molecule has 4 N–H and O–H groups in total. The summed E-state index contributed by atoms with van der Waals surface area (Å²) in [5.41, 5.74) is 11.0. The maximum atomic E-state index is 13.3. The van der Waals surface area contributed by atoms with Crippen LogP contribution >= 0.6 is 11.6 Å². The summed E-state index contributed by atoms with van der Waals surface area (Å²) in [6.45, 7) is 0.271. The standard InChI is InChI=1S/C8H11ClFN3/c9-5-3-6(7(10)1-2-11)8(12)13-4-5/h3-4,7H,1-2,11H2,(H2,12,13). The first-order chi connectivity index (χ1) is 6.15. The molecule has 0 saturated carbocycles. The monoisotopic (exact) mass is 203 g/mol. The number of aromatic nitrogens is 1. The number of nitrogens with zero attached hydrogens (tertiary/aromatic N) is 1. The summed E-state index contributed by atoms with van der Waals surface area (Å²) >= 11 is 5.65. The van der Waals surface area contributed by atoms with E-state index in [1.165, 1.54) is 12.3 Å². The van der Waals surface area contributed by atoms with Crippen molar-refractivity contribution in [1.29, 1.82) is 0 Å². The Labute approximate surface area is 80.9 Å². The maximum absolute atomic E-state index is 13.3. The lowest BCUT2D eigenvalue weighted by Gasteiger charge is -2.09. The third-order valence-electron chi connectivity index (χ3n) is 1.67. The van der Waals surface area contributed by atoms with Crippen LogP contribution in [-0.2, 0) is 0 Å². The Balaban J connectivity index is 2.91. The van der Waals surface area contributed by atoms with E-state index in [2.05, 4.69) is 4.98 Å². The Morgan fingerprint density at radius 1 is 1.62 bits per heavy atom. The fourth-order valence-corrected chi connectivity index (χ4v) is 1.18. The molecule has 0 bridgehead atoms. The van der Waals surface area contributed by atoms with E-state index in [0.717, 1.165) is 0 Å². The first-order valence-corrected chi connectivity index (χ1v) is 4.28. The van der Waals surface area contributed by atoms with Crippen molar-refractivity contribution in [2.75, 3.05) is 12.3 Å². The zero-order chi connectivity index (χ0) is 9.84. The molecule has 0 fully saturated rings. The van der Waals surface area contributed by atoms with E-state index in [1.807, 2.05) is 0 Å². The summed E-state index contributed by atoms with van der Waals surface area (Å²) in [7, 11) is 0. The molecule has 0 aromatic carbocycles. The second kappa shape index (κ2) is 4.39. The van der Waals surface area contributed by atoms with Crippen LogP contribution in [0.5, 0.6) is 0 Å². The predicted molar refractivity (Wildman–Crippen MR) is 51.2 cm³/mol. The number of halogens is 2. The quantitative estimate of drug-likeness (QED) is 0.786. The lowest BCUT2D eigenvalue weighted by molar-refractivity contribution is 0.328. The molecule has 1 heterocycles. The van der Waals surface area contributed by atoms with Crippen LogP contribution in [-0.4, -0.2) is 11.5 Å². The summed E-state index contributed by atoms with van der Waals surface area (Å²) in [4.78, 5) is 3.75. The van der Waals surface area contributed by atoms with E-state index < -0.39 is 6.17 Å². The number of nitrogens with two attached hydrogens (primary N) is 2. The van der Waals surface area contributed by atoms with E-state index in [9.17, 15) is 4.39 Å². The van der Waals surface area contributed by atoms with Crippen molar-refractivity contribution in [3.05, 3.63) is 22.8 Å². The number of alkyl halides is 1. The molecule has 72 valence electrons. The van der Waals surface area contributed by atoms with Gasteiger partial charge in [-0.1, -0.05) is 11.6 Å². The highest BCUT2D eigenvalue weighted by Crippen LogP contribution is 2.26. The van der Waals surface area contributed by atoms with Crippen molar-refractivity contribution in [2.24, 2.45) is 5.73 Å². The molecule has 5 heteroatoms. The van der Waals surface area contributed by atoms with E-state index in [1.54, 1.807) is 0 Å². The van der Waals surface area contributed by atoms with Crippen molar-refractivity contribution in [2.45, 2.75) is 12.6 Å². The Hall–Kier alpha value is -0.870. The average Bonchev–Trinajstić information content (AvgIpc) is 2.09. The molecule has 0 amide bonds. The summed E-state index contributed by atoms with van der Waals surface area (Å²) in [5.74, 6) is 0.172. The van der Waals surface area contributed by atoms with E-state index in [0.29, 0.717) is 10.6 Å². The van der Waals surface area contributed by atoms with Crippen molar-refractivity contribution >= 4 is 17.4 Å². The molecular formula is C8H11ClFN3. The predicted octanol–water partition coefficient (Wildman–Crippen LogP) is 1.68. The second-order valence-electron chi connectivity index (χ2n) is 2.67. The first-order valence-electron chi connectivity index (χ1n) is 3.90. The van der Waals surface area contributed by atoms with Crippen molar-refractivity contribution in [3.63, 3.8) is 0 Å². The minimum atomic E-state index is -1.18. The Morgan fingerprint density at radius 3 is 2.92 bits per heavy atom. The summed E-state index contributed by atoms with van der Waals surface area (Å²) in [6, 6.07) is 1.48. The lowest BCUT2D eigenvalue weighted by Crippen LogP contribution is -2.06. The minimum Gasteiger partial charge on any atom is -0.383 e. The van der Waals surface area contributed by atoms with Gasteiger partial charge in [-0.05, 0) is 19.0 Å². The molecule has 0 aliphatic carbocycles. The van der Waals surface area contributed by atoms with Gasteiger partial charge in [0.05, 0.1) is 5.02 Å². The van der Waals surface area contributed by atoms with E-state index in [-0.39, 0.29) is 18.8 Å². The summed E-state index contributed by atoms with van der Waals surface area (Å²) in [6.07, 6.45) is 0.429. The number of rotatable bonds is 3. The van der Waals surface area contributed by atoms with E-state index in [4.69, 9.17) is 23.1 Å². The van der Waals surface area contributed by atoms with Gasteiger partial charge < -0.3 is 11.5 Å². The molecule has 1 rings (SSSR count). The van der Waals surface area contributed by atoms with Gasteiger partial charge in [0, 0.05) is 11.8 Å². The molecule has 0 radical (unpaired) electrons. The van der Waals surface area contributed by atoms with Crippen LogP contribution in [0.2, 0.25) is 5.02 Å². The largest absolute Gasteiger partial charge is 0.383 e. The van der Waals surface area contributed by atoms with Gasteiger partial charge in [-0.2, -0.15) is 0 Å². The van der Waals surface area contributed by atoms with Gasteiger partial charge >= 0.3 is 0 Å². The van der Waals surface area contributed by atoms with Gasteiger partial charge in [-0.15, -0.1) is 0 Å². The van der Waals surface area contributed by atoms with Gasteiger partial charge in [0.15, 0.2) is 0 Å². The van der Waals surface area contributed by atoms with Gasteiger partial charge in [-0.3, -0.25) is 0 Å². The zero-order valence-electron chi connectivity index (χ0n) is 7.00. The van der Waals surface area contributed by atoms with Gasteiger partial charge in [0.1, 0.15) is 12.0 Å². The Kier molecular flexibility index (Phi) is 3.45. The van der Waals surface area contributed by atoms with Crippen LogP contribution < -0.4 is 11.5 Å². The van der Waals surface area contributed by atoms with Crippen LogP contribution in [0, 0.1) is 0 Å². The highest BCUT2D eigenvalue weighted by atomic mass is 35.5. The number of pyridine rings is 1. The molecule has 1 unspecified atom stereocenters. The normalized spacial score (nSPS) is 12.8. The first kappa shape index (κ1) is 10.2. The molecule has 1 aromatic heterocycles. The minimum absolute atomic E-state index is 0.172. The molecular weight excluding hydrogens is 193 g/mol. The topological polar surface area (TPSA) is 64.9 Å². The molecule has 0 saturated heterocycles. The highest BCUT2D eigenvalue weighted by molar-refractivity contribution is 6.30. The van der Waals surface area contributed by atoms with Crippen LogP contribution in [0.25, 0.3) is 0 Å².